The maximum absolute atomic E-state index is 4.71. The van der Waals surface area contributed by atoms with Crippen LogP contribution in [0, 0.1) is 19.8 Å². The van der Waals surface area contributed by atoms with E-state index in [-0.39, 0.29) is 0 Å². The van der Waals surface area contributed by atoms with Gasteiger partial charge in [-0.2, -0.15) is 0 Å². The lowest BCUT2D eigenvalue weighted by molar-refractivity contribution is 0.554. The lowest BCUT2D eigenvalue weighted by atomic mass is 10.2. The molecule has 0 spiro atoms. The normalized spacial score (nSPS) is 11.3. The average molecular weight is 321 g/mol. The van der Waals surface area contributed by atoms with Crippen molar-refractivity contribution in [3.8, 4) is 0 Å². The third kappa shape index (κ3) is 5.13. The summed E-state index contributed by atoms with van der Waals surface area (Å²) in [6.45, 7) is 10.7. The molecule has 0 amide bonds. The van der Waals surface area contributed by atoms with Crippen molar-refractivity contribution in [2.24, 2.45) is 5.92 Å². The molecule has 0 saturated heterocycles. The second-order valence-electron chi connectivity index (χ2n) is 5.70. The summed E-state index contributed by atoms with van der Waals surface area (Å²) >= 11 is 3.72. The Hall–Kier alpha value is -0.840. The van der Waals surface area contributed by atoms with Gasteiger partial charge >= 0.3 is 0 Å². The Balaban J connectivity index is 1.91. The SMILES string of the molecule is Cc1ccccc1SCc1nc(C)c(CNCC(C)C)s1. The molecule has 0 fully saturated rings. The van der Waals surface area contributed by atoms with E-state index >= 15 is 0 Å². The van der Waals surface area contributed by atoms with Gasteiger partial charge in [0.2, 0.25) is 0 Å². The van der Waals surface area contributed by atoms with Crippen LogP contribution in [-0.4, -0.2) is 11.5 Å². The number of hydrogen-bond donors (Lipinski definition) is 1. The van der Waals surface area contributed by atoms with Crippen molar-refractivity contribution in [1.29, 1.82) is 0 Å². The predicted octanol–water partition coefficient (Wildman–Crippen LogP) is 4.80. The van der Waals surface area contributed by atoms with Crippen molar-refractivity contribution in [1.82, 2.24) is 10.3 Å². The second kappa shape index (κ2) is 7.97. The van der Waals surface area contributed by atoms with Crippen LogP contribution in [0.2, 0.25) is 0 Å². The number of rotatable bonds is 7. The van der Waals surface area contributed by atoms with E-state index in [0.717, 1.165) is 18.8 Å². The van der Waals surface area contributed by atoms with Crippen LogP contribution in [0.4, 0.5) is 0 Å². The maximum Gasteiger partial charge on any atom is 0.103 e. The zero-order chi connectivity index (χ0) is 15.2. The number of hydrogen-bond acceptors (Lipinski definition) is 4. The van der Waals surface area contributed by atoms with Crippen molar-refractivity contribution in [2.75, 3.05) is 6.54 Å². The first-order valence-corrected chi connectivity index (χ1v) is 9.20. The number of thioether (sulfide) groups is 1. The molecule has 2 nitrogen and oxygen atoms in total. The van der Waals surface area contributed by atoms with Crippen LogP contribution in [0.15, 0.2) is 29.2 Å². The zero-order valence-electron chi connectivity index (χ0n) is 13.3. The Labute approximate surface area is 136 Å². The Bertz CT molecular complexity index is 576. The predicted molar refractivity (Wildman–Crippen MR) is 94.1 cm³/mol. The van der Waals surface area contributed by atoms with E-state index in [2.05, 4.69) is 57.3 Å². The lowest BCUT2D eigenvalue weighted by Crippen LogP contribution is -2.18. The van der Waals surface area contributed by atoms with Gasteiger partial charge in [-0.3, -0.25) is 0 Å². The van der Waals surface area contributed by atoms with E-state index in [4.69, 9.17) is 4.98 Å². The first kappa shape index (κ1) is 16.5. The lowest BCUT2D eigenvalue weighted by Gasteiger charge is -2.05. The van der Waals surface area contributed by atoms with E-state index in [1.807, 2.05) is 23.1 Å². The minimum atomic E-state index is 0.689. The smallest absolute Gasteiger partial charge is 0.103 e. The number of nitrogens with zero attached hydrogens (tertiary/aromatic N) is 1. The standard InChI is InChI=1S/C17H24N2S2/c1-12(2)9-18-10-16-14(4)19-17(21-16)11-20-15-8-6-5-7-13(15)3/h5-8,12,18H,9-11H2,1-4H3. The molecule has 0 atom stereocenters. The molecule has 0 aliphatic rings. The Morgan fingerprint density at radius 1 is 1.24 bits per heavy atom. The molecule has 1 aromatic heterocycles. The molecule has 0 aliphatic heterocycles. The van der Waals surface area contributed by atoms with Crippen molar-refractivity contribution in [3.05, 3.63) is 45.4 Å². The van der Waals surface area contributed by atoms with Gasteiger partial charge in [0, 0.05) is 16.3 Å². The summed E-state index contributed by atoms with van der Waals surface area (Å²) in [5.41, 5.74) is 2.52. The highest BCUT2D eigenvalue weighted by molar-refractivity contribution is 7.98. The molecule has 0 unspecified atom stereocenters. The summed E-state index contributed by atoms with van der Waals surface area (Å²) in [5.74, 6) is 1.65. The molecule has 1 heterocycles. The summed E-state index contributed by atoms with van der Waals surface area (Å²) in [7, 11) is 0. The van der Waals surface area contributed by atoms with Crippen molar-refractivity contribution < 1.29 is 0 Å². The van der Waals surface area contributed by atoms with Gasteiger partial charge < -0.3 is 5.32 Å². The molecule has 0 bridgehead atoms. The first-order valence-electron chi connectivity index (χ1n) is 7.40. The topological polar surface area (TPSA) is 24.9 Å². The van der Waals surface area contributed by atoms with Crippen LogP contribution in [0.5, 0.6) is 0 Å². The molecular weight excluding hydrogens is 296 g/mol. The molecule has 4 heteroatoms. The summed E-state index contributed by atoms with van der Waals surface area (Å²) in [5, 5.41) is 4.73. The number of aromatic nitrogens is 1. The Morgan fingerprint density at radius 2 is 2.00 bits per heavy atom. The van der Waals surface area contributed by atoms with Gasteiger partial charge in [-0.15, -0.1) is 23.1 Å². The molecule has 1 aromatic carbocycles. The van der Waals surface area contributed by atoms with Gasteiger partial charge in [-0.05, 0) is 37.9 Å². The minimum absolute atomic E-state index is 0.689. The van der Waals surface area contributed by atoms with Crippen LogP contribution in [-0.2, 0) is 12.3 Å². The van der Waals surface area contributed by atoms with Crippen LogP contribution in [0.25, 0.3) is 0 Å². The maximum atomic E-state index is 4.71. The molecule has 0 aliphatic carbocycles. The van der Waals surface area contributed by atoms with Crippen LogP contribution < -0.4 is 5.32 Å². The van der Waals surface area contributed by atoms with Gasteiger partial charge in [0.15, 0.2) is 0 Å². The van der Waals surface area contributed by atoms with E-state index < -0.39 is 0 Å². The fraction of sp³-hybridized carbons (Fsp3) is 0.471. The third-order valence-corrected chi connectivity index (χ3v) is 5.75. The van der Waals surface area contributed by atoms with Crippen LogP contribution in [0.3, 0.4) is 0 Å². The summed E-state index contributed by atoms with van der Waals surface area (Å²) in [6, 6.07) is 8.54. The number of benzene rings is 1. The first-order chi connectivity index (χ1) is 10.1. The largest absolute Gasteiger partial charge is 0.312 e. The highest BCUT2D eigenvalue weighted by Crippen LogP contribution is 2.28. The molecular formula is C17H24N2S2. The highest BCUT2D eigenvalue weighted by atomic mass is 32.2. The second-order valence-corrected chi connectivity index (χ2v) is 7.88. The number of thiazole rings is 1. The number of aryl methyl sites for hydroxylation is 2. The van der Waals surface area contributed by atoms with Crippen LogP contribution >= 0.6 is 23.1 Å². The quantitative estimate of drug-likeness (QED) is 0.742. The van der Waals surface area contributed by atoms with Crippen molar-refractivity contribution >= 4 is 23.1 Å². The third-order valence-electron chi connectivity index (χ3n) is 3.22. The fourth-order valence-electron chi connectivity index (χ4n) is 2.05. The van der Waals surface area contributed by atoms with E-state index in [9.17, 15) is 0 Å². The fourth-order valence-corrected chi connectivity index (χ4v) is 4.11. The summed E-state index contributed by atoms with van der Waals surface area (Å²) in [4.78, 5) is 7.43. The molecule has 0 radical (unpaired) electrons. The molecule has 2 rings (SSSR count). The van der Waals surface area contributed by atoms with Gasteiger partial charge in [0.05, 0.1) is 11.4 Å². The van der Waals surface area contributed by atoms with Gasteiger partial charge in [-0.25, -0.2) is 4.98 Å². The van der Waals surface area contributed by atoms with Gasteiger partial charge in [0.1, 0.15) is 5.01 Å². The highest BCUT2D eigenvalue weighted by Gasteiger charge is 2.08. The van der Waals surface area contributed by atoms with E-state index in [0.29, 0.717) is 5.92 Å². The molecule has 2 aromatic rings. The zero-order valence-corrected chi connectivity index (χ0v) is 14.9. The van der Waals surface area contributed by atoms with E-state index in [1.54, 1.807) is 0 Å². The van der Waals surface area contributed by atoms with Crippen molar-refractivity contribution in [2.45, 2.75) is 44.9 Å². The molecule has 0 saturated carbocycles. The van der Waals surface area contributed by atoms with Gasteiger partial charge in [0.25, 0.3) is 0 Å². The summed E-state index contributed by atoms with van der Waals surface area (Å²) < 4.78 is 0. The Kier molecular flexibility index (Phi) is 6.27. The average Bonchev–Trinajstić information content (AvgIpc) is 2.78. The monoisotopic (exact) mass is 320 g/mol. The summed E-state index contributed by atoms with van der Waals surface area (Å²) in [6.07, 6.45) is 0. The minimum Gasteiger partial charge on any atom is -0.312 e. The van der Waals surface area contributed by atoms with E-state index in [1.165, 1.54) is 26.0 Å². The number of nitrogens with one attached hydrogen (secondary N) is 1. The van der Waals surface area contributed by atoms with Crippen molar-refractivity contribution in [3.63, 3.8) is 0 Å². The molecule has 1 N–H and O–H groups in total. The molecule has 21 heavy (non-hydrogen) atoms. The Morgan fingerprint density at radius 3 is 2.71 bits per heavy atom. The molecule has 114 valence electrons. The van der Waals surface area contributed by atoms with Gasteiger partial charge in [-0.1, -0.05) is 32.0 Å². The van der Waals surface area contributed by atoms with Crippen LogP contribution in [0.1, 0.15) is 35.0 Å².